The number of imidazole rings is 1. The second-order valence-electron chi connectivity index (χ2n) is 9.60. The van der Waals surface area contributed by atoms with E-state index in [1.54, 1.807) is 55.9 Å². The van der Waals surface area contributed by atoms with Crippen LogP contribution in [-0.4, -0.2) is 33.5 Å². The molecule has 2 aromatic carbocycles. The zero-order valence-electron chi connectivity index (χ0n) is 21.0. The van der Waals surface area contributed by atoms with Gasteiger partial charge in [0, 0.05) is 33.5 Å². The Hall–Kier alpha value is -3.88. The zero-order chi connectivity index (χ0) is 26.9. The number of benzene rings is 2. The molecule has 192 valence electrons. The molecule has 0 saturated carbocycles. The van der Waals surface area contributed by atoms with E-state index in [0.29, 0.717) is 49.8 Å². The SMILES string of the molecule is COc1cnccc1-c1nc2c(n1C(C)C)[C@@]1(C(=O)Nc3cc(Cl)ccc31)N(c1cc(Cl)ccc1C)C2=O. The molecule has 2 aliphatic heterocycles. The minimum atomic E-state index is -1.54. The van der Waals surface area contributed by atoms with Crippen molar-refractivity contribution in [2.45, 2.75) is 32.4 Å². The molecule has 0 aliphatic carbocycles. The number of aryl methyl sites for hydroxylation is 1. The number of hydrogen-bond acceptors (Lipinski definition) is 5. The van der Waals surface area contributed by atoms with Crippen LogP contribution in [0.4, 0.5) is 11.4 Å². The van der Waals surface area contributed by atoms with Crippen molar-refractivity contribution in [2.24, 2.45) is 0 Å². The van der Waals surface area contributed by atoms with Gasteiger partial charge in [0.15, 0.2) is 11.2 Å². The van der Waals surface area contributed by atoms with Crippen LogP contribution < -0.4 is 15.0 Å². The van der Waals surface area contributed by atoms with Gasteiger partial charge in [-0.15, -0.1) is 0 Å². The molecule has 2 aliphatic rings. The predicted octanol–water partition coefficient (Wildman–Crippen LogP) is 6.01. The van der Waals surface area contributed by atoms with Crippen LogP contribution in [0.25, 0.3) is 11.4 Å². The van der Waals surface area contributed by atoms with E-state index >= 15 is 0 Å². The first kappa shape index (κ1) is 24.5. The molecule has 2 aromatic heterocycles. The molecule has 0 fully saturated rings. The summed E-state index contributed by atoms with van der Waals surface area (Å²) in [5.74, 6) is 0.230. The molecule has 4 heterocycles. The number of nitrogens with one attached hydrogen (secondary N) is 1. The molecule has 1 atom stereocenters. The lowest BCUT2D eigenvalue weighted by Gasteiger charge is -2.36. The van der Waals surface area contributed by atoms with Crippen molar-refractivity contribution >= 4 is 46.4 Å². The Morgan fingerprint density at radius 3 is 2.53 bits per heavy atom. The molecule has 0 bridgehead atoms. The normalized spacial score (nSPS) is 17.8. The number of pyridine rings is 1. The third kappa shape index (κ3) is 3.17. The number of aromatic nitrogens is 3. The van der Waals surface area contributed by atoms with E-state index in [-0.39, 0.29) is 17.6 Å². The molecular formula is C28H23Cl2N5O3. The Kier molecular flexibility index (Phi) is 5.52. The number of hydrogen-bond donors (Lipinski definition) is 1. The number of nitrogens with zero attached hydrogens (tertiary/aromatic N) is 4. The summed E-state index contributed by atoms with van der Waals surface area (Å²) < 4.78 is 7.51. The van der Waals surface area contributed by atoms with Crippen molar-refractivity contribution in [1.82, 2.24) is 14.5 Å². The Bertz CT molecular complexity index is 1660. The number of anilines is 2. The van der Waals surface area contributed by atoms with Crippen LogP contribution in [0.15, 0.2) is 54.9 Å². The maximum absolute atomic E-state index is 14.4. The molecule has 0 saturated heterocycles. The second kappa shape index (κ2) is 8.58. The monoisotopic (exact) mass is 547 g/mol. The molecule has 1 spiro atoms. The van der Waals surface area contributed by atoms with Crippen LogP contribution in [0.2, 0.25) is 10.0 Å². The van der Waals surface area contributed by atoms with E-state index in [0.717, 1.165) is 5.56 Å². The number of fused-ring (bicyclic) bond motifs is 4. The highest BCUT2D eigenvalue weighted by Gasteiger charge is 2.64. The van der Waals surface area contributed by atoms with Gasteiger partial charge in [0.05, 0.1) is 30.3 Å². The molecule has 1 N–H and O–H groups in total. The Balaban J connectivity index is 1.75. The predicted molar refractivity (Wildman–Crippen MR) is 146 cm³/mol. The van der Waals surface area contributed by atoms with Crippen LogP contribution in [-0.2, 0) is 10.3 Å². The van der Waals surface area contributed by atoms with Crippen LogP contribution in [0, 0.1) is 6.92 Å². The average Bonchev–Trinajstić information content (AvgIpc) is 3.49. The summed E-state index contributed by atoms with van der Waals surface area (Å²) in [5.41, 5.74) is 2.23. The largest absolute Gasteiger partial charge is 0.494 e. The highest BCUT2D eigenvalue weighted by molar-refractivity contribution is 6.32. The first-order valence-corrected chi connectivity index (χ1v) is 12.8. The van der Waals surface area contributed by atoms with Gasteiger partial charge in [0.25, 0.3) is 11.8 Å². The number of amides is 2. The Labute approximate surface area is 229 Å². The Morgan fingerprint density at radius 2 is 1.79 bits per heavy atom. The van der Waals surface area contributed by atoms with Gasteiger partial charge in [0.2, 0.25) is 0 Å². The van der Waals surface area contributed by atoms with Crippen molar-refractivity contribution in [3.8, 4) is 17.1 Å². The number of rotatable bonds is 4. The summed E-state index contributed by atoms with van der Waals surface area (Å²) in [5, 5.41) is 3.89. The highest BCUT2D eigenvalue weighted by Crippen LogP contribution is 2.55. The molecular weight excluding hydrogens is 525 g/mol. The van der Waals surface area contributed by atoms with Gasteiger partial charge in [0.1, 0.15) is 11.6 Å². The van der Waals surface area contributed by atoms with Gasteiger partial charge in [-0.05, 0) is 56.7 Å². The fourth-order valence-corrected chi connectivity index (χ4v) is 5.89. The summed E-state index contributed by atoms with van der Waals surface area (Å²) in [6.07, 6.45) is 3.24. The summed E-state index contributed by atoms with van der Waals surface area (Å²) in [6.45, 7) is 5.85. The fraction of sp³-hybridized carbons (Fsp3) is 0.214. The molecule has 6 rings (SSSR count). The van der Waals surface area contributed by atoms with Crippen LogP contribution in [0.3, 0.4) is 0 Å². The number of halogens is 2. The maximum atomic E-state index is 14.4. The molecule has 4 aromatic rings. The average molecular weight is 548 g/mol. The fourth-order valence-electron chi connectivity index (χ4n) is 5.55. The maximum Gasteiger partial charge on any atom is 0.280 e. The molecule has 38 heavy (non-hydrogen) atoms. The highest BCUT2D eigenvalue weighted by atomic mass is 35.5. The lowest BCUT2D eigenvalue weighted by atomic mass is 9.86. The van der Waals surface area contributed by atoms with Crippen molar-refractivity contribution in [2.75, 3.05) is 17.3 Å². The Morgan fingerprint density at radius 1 is 1.05 bits per heavy atom. The lowest BCUT2D eigenvalue weighted by Crippen LogP contribution is -2.51. The van der Waals surface area contributed by atoms with Gasteiger partial charge in [-0.2, -0.15) is 0 Å². The second-order valence-corrected chi connectivity index (χ2v) is 10.5. The van der Waals surface area contributed by atoms with E-state index in [1.807, 2.05) is 31.4 Å². The van der Waals surface area contributed by atoms with E-state index < -0.39 is 11.4 Å². The van der Waals surface area contributed by atoms with Crippen LogP contribution in [0.1, 0.15) is 47.2 Å². The zero-order valence-corrected chi connectivity index (χ0v) is 22.6. The van der Waals surface area contributed by atoms with Gasteiger partial charge in [-0.25, -0.2) is 4.98 Å². The quantitative estimate of drug-likeness (QED) is 0.338. The van der Waals surface area contributed by atoms with Crippen molar-refractivity contribution in [3.05, 3.63) is 87.4 Å². The smallest absolute Gasteiger partial charge is 0.280 e. The first-order valence-electron chi connectivity index (χ1n) is 12.0. The summed E-state index contributed by atoms with van der Waals surface area (Å²) in [7, 11) is 1.55. The first-order chi connectivity index (χ1) is 18.2. The van der Waals surface area contributed by atoms with E-state index in [2.05, 4.69) is 10.3 Å². The van der Waals surface area contributed by atoms with Crippen molar-refractivity contribution in [3.63, 3.8) is 0 Å². The van der Waals surface area contributed by atoms with Crippen LogP contribution >= 0.6 is 23.2 Å². The van der Waals surface area contributed by atoms with E-state index in [9.17, 15) is 9.59 Å². The minimum absolute atomic E-state index is 0.173. The molecule has 2 amide bonds. The number of ether oxygens (including phenoxy) is 1. The minimum Gasteiger partial charge on any atom is -0.494 e. The van der Waals surface area contributed by atoms with Crippen molar-refractivity contribution in [1.29, 1.82) is 0 Å². The van der Waals surface area contributed by atoms with Crippen molar-refractivity contribution < 1.29 is 14.3 Å². The third-order valence-corrected chi connectivity index (χ3v) is 7.59. The molecule has 0 radical (unpaired) electrons. The summed E-state index contributed by atoms with van der Waals surface area (Å²) in [6, 6.07) is 12.1. The van der Waals surface area contributed by atoms with Gasteiger partial charge in [-0.1, -0.05) is 35.3 Å². The standard InChI is InChI=1S/C28H23Cl2N5O3/c1-14(2)34-24-23(33-25(34)18-9-10-31-13-22(18)38-4)26(36)35(21-12-17(30)6-5-15(21)3)28(24)19-8-7-16(29)11-20(19)32-27(28)37/h5-14H,1-4H3,(H,32,37)/t28-/m0/s1. The van der Waals surface area contributed by atoms with E-state index in [4.69, 9.17) is 32.9 Å². The van der Waals surface area contributed by atoms with Gasteiger partial charge >= 0.3 is 0 Å². The van der Waals surface area contributed by atoms with Gasteiger partial charge in [-0.3, -0.25) is 19.5 Å². The third-order valence-electron chi connectivity index (χ3n) is 7.12. The summed E-state index contributed by atoms with van der Waals surface area (Å²) >= 11 is 12.7. The van der Waals surface area contributed by atoms with Crippen LogP contribution in [0.5, 0.6) is 5.75 Å². The topological polar surface area (TPSA) is 89.3 Å². The number of methoxy groups -OCH3 is 1. The summed E-state index contributed by atoms with van der Waals surface area (Å²) in [4.78, 5) is 39.2. The number of carbonyl (C=O) groups excluding carboxylic acids is 2. The van der Waals surface area contributed by atoms with E-state index in [1.165, 1.54) is 4.90 Å². The molecule has 10 heteroatoms. The number of carbonyl (C=O) groups is 2. The molecule has 0 unspecified atom stereocenters. The van der Waals surface area contributed by atoms with Gasteiger partial charge < -0.3 is 14.6 Å². The molecule has 8 nitrogen and oxygen atoms in total. The lowest BCUT2D eigenvalue weighted by molar-refractivity contribution is -0.119.